The van der Waals surface area contributed by atoms with Crippen LogP contribution in [0.1, 0.15) is 54.4 Å². The predicted octanol–water partition coefficient (Wildman–Crippen LogP) is 3.93. The first-order valence-electron chi connectivity index (χ1n) is 10.4. The van der Waals surface area contributed by atoms with Gasteiger partial charge in [0.2, 0.25) is 0 Å². The van der Waals surface area contributed by atoms with E-state index in [1.165, 1.54) is 0 Å². The van der Waals surface area contributed by atoms with Crippen molar-refractivity contribution in [1.29, 1.82) is 0 Å². The summed E-state index contributed by atoms with van der Waals surface area (Å²) in [4.78, 5) is 4.52. The number of hydrogen-bond donors (Lipinski definition) is 0. The van der Waals surface area contributed by atoms with Crippen molar-refractivity contribution in [2.75, 3.05) is 46.2 Å². The topological polar surface area (TPSA) is 67.7 Å². The summed E-state index contributed by atoms with van der Waals surface area (Å²) in [5.74, 6) is 0. The molecule has 162 valence electrons. The van der Waals surface area contributed by atoms with E-state index < -0.39 is 17.6 Å². The SMILES string of the molecule is CCO[Si](CCC=NCCC[Si](OCC)(OCC)OCC)(OCC)OCC. The zero-order valence-corrected chi connectivity index (χ0v) is 20.3. The molecular weight excluding hydrogens is 382 g/mol. The molecule has 0 aromatic carbocycles. The van der Waals surface area contributed by atoms with Gasteiger partial charge in [0.25, 0.3) is 0 Å². The highest BCUT2D eigenvalue weighted by Gasteiger charge is 2.40. The van der Waals surface area contributed by atoms with Crippen molar-refractivity contribution >= 4 is 23.8 Å². The summed E-state index contributed by atoms with van der Waals surface area (Å²) in [5, 5.41) is 0. The van der Waals surface area contributed by atoms with Crippen LogP contribution in [0.15, 0.2) is 4.99 Å². The molecule has 0 rings (SSSR count). The van der Waals surface area contributed by atoms with Crippen molar-refractivity contribution in [3.8, 4) is 0 Å². The van der Waals surface area contributed by atoms with Gasteiger partial charge in [0.1, 0.15) is 0 Å². The van der Waals surface area contributed by atoms with Gasteiger partial charge in [-0.25, -0.2) is 0 Å². The quantitative estimate of drug-likeness (QED) is 0.178. The third kappa shape index (κ3) is 11.5. The monoisotopic (exact) mass is 423 g/mol. The van der Waals surface area contributed by atoms with Crippen molar-refractivity contribution in [3.63, 3.8) is 0 Å². The summed E-state index contributed by atoms with van der Waals surface area (Å²) < 4.78 is 35.1. The molecule has 0 aliphatic carbocycles. The van der Waals surface area contributed by atoms with Crippen LogP contribution in [-0.4, -0.2) is 70.0 Å². The predicted molar refractivity (Wildman–Crippen MR) is 113 cm³/mol. The van der Waals surface area contributed by atoms with Crippen LogP contribution in [0.3, 0.4) is 0 Å². The van der Waals surface area contributed by atoms with E-state index in [1.807, 2.05) is 47.8 Å². The largest absolute Gasteiger partial charge is 0.501 e. The lowest BCUT2D eigenvalue weighted by Crippen LogP contribution is -2.46. The van der Waals surface area contributed by atoms with E-state index in [1.54, 1.807) is 0 Å². The van der Waals surface area contributed by atoms with Gasteiger partial charge in [0, 0.05) is 58.3 Å². The van der Waals surface area contributed by atoms with Crippen LogP contribution in [-0.2, 0) is 26.6 Å². The molecule has 0 saturated heterocycles. The average molecular weight is 424 g/mol. The van der Waals surface area contributed by atoms with Crippen molar-refractivity contribution in [3.05, 3.63) is 0 Å². The first-order chi connectivity index (χ1) is 13.1. The van der Waals surface area contributed by atoms with Crippen LogP contribution >= 0.6 is 0 Å². The minimum absolute atomic E-state index is 0.600. The second-order valence-corrected chi connectivity index (χ2v) is 11.2. The lowest BCUT2D eigenvalue weighted by Gasteiger charge is -2.28. The highest BCUT2D eigenvalue weighted by molar-refractivity contribution is 6.61. The lowest BCUT2D eigenvalue weighted by atomic mass is 10.5. The molecule has 0 aliphatic heterocycles. The zero-order valence-electron chi connectivity index (χ0n) is 18.3. The molecule has 27 heavy (non-hydrogen) atoms. The standard InChI is InChI=1S/C18H41NO6Si2/c1-7-20-26(21-8-2,22-9-3)17-13-15-19-16-14-18-27(23-10-4,24-11-5)25-12-6/h15H,7-14,16-18H2,1-6H3. The Morgan fingerprint density at radius 2 is 0.963 bits per heavy atom. The molecule has 0 aromatic rings. The van der Waals surface area contributed by atoms with E-state index in [4.69, 9.17) is 26.6 Å². The molecule has 9 heteroatoms. The second kappa shape index (κ2) is 16.8. The van der Waals surface area contributed by atoms with E-state index in [0.717, 1.165) is 31.5 Å². The molecule has 0 fully saturated rings. The van der Waals surface area contributed by atoms with Crippen molar-refractivity contribution in [2.24, 2.45) is 4.99 Å². The van der Waals surface area contributed by atoms with Crippen LogP contribution < -0.4 is 0 Å². The van der Waals surface area contributed by atoms with Crippen LogP contribution in [0.25, 0.3) is 0 Å². The lowest BCUT2D eigenvalue weighted by molar-refractivity contribution is 0.0706. The van der Waals surface area contributed by atoms with Crippen LogP contribution in [0, 0.1) is 0 Å². The Labute approximate surface area is 168 Å². The van der Waals surface area contributed by atoms with Crippen molar-refractivity contribution < 1.29 is 26.6 Å². The van der Waals surface area contributed by atoms with Gasteiger partial charge in [-0.2, -0.15) is 0 Å². The van der Waals surface area contributed by atoms with E-state index in [2.05, 4.69) is 4.99 Å². The second-order valence-electron chi connectivity index (χ2n) is 5.70. The van der Waals surface area contributed by atoms with Gasteiger partial charge in [-0.3, -0.25) is 4.99 Å². The van der Waals surface area contributed by atoms with Gasteiger partial charge < -0.3 is 26.6 Å². The average Bonchev–Trinajstić information content (AvgIpc) is 2.62. The summed E-state index contributed by atoms with van der Waals surface area (Å²) in [7, 11) is -5.12. The van der Waals surface area contributed by atoms with Crippen LogP contribution in [0.4, 0.5) is 0 Å². The maximum atomic E-state index is 5.86. The molecular formula is C18H41NO6Si2. The number of nitrogens with zero attached hydrogens (tertiary/aromatic N) is 1. The molecule has 0 radical (unpaired) electrons. The Kier molecular flexibility index (Phi) is 16.7. The Hall–Kier alpha value is -0.136. The molecule has 0 spiro atoms. The first-order valence-corrected chi connectivity index (χ1v) is 14.3. The molecule has 0 amide bonds. The van der Waals surface area contributed by atoms with Gasteiger partial charge in [0.05, 0.1) is 0 Å². The fraction of sp³-hybridized carbons (Fsp3) is 0.944. The maximum absolute atomic E-state index is 5.86. The summed E-state index contributed by atoms with van der Waals surface area (Å²) in [6, 6.07) is 1.54. The number of aliphatic imine (C=N–C) groups is 1. The molecule has 0 heterocycles. The van der Waals surface area contributed by atoms with Crippen LogP contribution in [0.2, 0.25) is 12.1 Å². The Morgan fingerprint density at radius 1 is 0.593 bits per heavy atom. The molecule has 0 atom stereocenters. The van der Waals surface area contributed by atoms with E-state index in [0.29, 0.717) is 39.6 Å². The number of hydrogen-bond acceptors (Lipinski definition) is 7. The first kappa shape index (κ1) is 26.9. The zero-order chi connectivity index (χ0) is 20.4. The third-order valence-electron chi connectivity index (χ3n) is 3.66. The summed E-state index contributed by atoms with van der Waals surface area (Å²) in [6.45, 7) is 16.2. The Bertz CT molecular complexity index is 340. The molecule has 0 N–H and O–H groups in total. The Morgan fingerprint density at radius 3 is 1.33 bits per heavy atom. The smallest absolute Gasteiger partial charge is 0.374 e. The molecule has 0 saturated carbocycles. The third-order valence-corrected chi connectivity index (χ3v) is 9.90. The van der Waals surface area contributed by atoms with Crippen LogP contribution in [0.5, 0.6) is 0 Å². The molecule has 0 aliphatic rings. The van der Waals surface area contributed by atoms with Gasteiger partial charge in [0.15, 0.2) is 0 Å². The highest BCUT2D eigenvalue weighted by atomic mass is 28.4. The fourth-order valence-corrected chi connectivity index (χ4v) is 7.89. The maximum Gasteiger partial charge on any atom is 0.501 e. The molecule has 7 nitrogen and oxygen atoms in total. The van der Waals surface area contributed by atoms with Gasteiger partial charge in [-0.05, 0) is 60.6 Å². The number of rotatable bonds is 19. The normalized spacial score (nSPS) is 13.0. The van der Waals surface area contributed by atoms with Crippen molar-refractivity contribution in [2.45, 2.75) is 66.5 Å². The summed E-state index contributed by atoms with van der Waals surface area (Å²) >= 11 is 0. The molecule has 0 unspecified atom stereocenters. The van der Waals surface area contributed by atoms with Gasteiger partial charge in [-0.15, -0.1) is 0 Å². The van der Waals surface area contributed by atoms with Gasteiger partial charge in [-0.1, -0.05) is 0 Å². The fourth-order valence-electron chi connectivity index (χ4n) is 2.81. The highest BCUT2D eigenvalue weighted by Crippen LogP contribution is 2.19. The molecule has 0 aromatic heterocycles. The minimum atomic E-state index is -2.57. The van der Waals surface area contributed by atoms with E-state index in [-0.39, 0.29) is 0 Å². The summed E-state index contributed by atoms with van der Waals surface area (Å²) in [6.07, 6.45) is 3.62. The Balaban J connectivity index is 4.43. The van der Waals surface area contributed by atoms with Gasteiger partial charge >= 0.3 is 17.6 Å². The summed E-state index contributed by atoms with van der Waals surface area (Å²) in [5.41, 5.74) is 0. The van der Waals surface area contributed by atoms with Crippen molar-refractivity contribution in [1.82, 2.24) is 0 Å². The van der Waals surface area contributed by atoms with E-state index in [9.17, 15) is 0 Å². The molecule has 0 bridgehead atoms. The minimum Gasteiger partial charge on any atom is -0.374 e. The van der Waals surface area contributed by atoms with E-state index >= 15 is 0 Å².